The highest BCUT2D eigenvalue weighted by Gasteiger charge is 2.55. The van der Waals surface area contributed by atoms with Crippen molar-refractivity contribution in [3.63, 3.8) is 0 Å². The zero-order chi connectivity index (χ0) is 41.6. The monoisotopic (exact) mass is 840 g/mol. The first-order chi connectivity index (χ1) is 28.5. The van der Waals surface area contributed by atoms with Gasteiger partial charge in [-0.2, -0.15) is 21.8 Å². The number of carbonyl (C=O) groups is 1. The van der Waals surface area contributed by atoms with Gasteiger partial charge >= 0.3 is 19.4 Å². The Bertz CT molecular complexity index is 2240. The fraction of sp³-hybridized carbons (Fsp3) is 0.341. The van der Waals surface area contributed by atoms with E-state index in [-0.39, 0.29) is 12.7 Å². The van der Waals surface area contributed by atoms with Gasteiger partial charge in [-0.15, -0.1) is 0 Å². The molecule has 7 rings (SSSR count). The van der Waals surface area contributed by atoms with E-state index in [1.165, 1.54) is 11.5 Å². The van der Waals surface area contributed by atoms with Crippen molar-refractivity contribution in [2.24, 2.45) is 0 Å². The topological polar surface area (TPSA) is 148 Å². The summed E-state index contributed by atoms with van der Waals surface area (Å²) in [5.74, 6) is 2.36. The van der Waals surface area contributed by atoms with E-state index in [0.29, 0.717) is 29.5 Å². The fourth-order valence-electron chi connectivity index (χ4n) is 7.43. The fourth-order valence-corrected chi connectivity index (χ4v) is 10.3. The van der Waals surface area contributed by atoms with Crippen LogP contribution < -0.4 is 30.1 Å². The molecule has 2 fully saturated rings. The van der Waals surface area contributed by atoms with Gasteiger partial charge in [0.25, 0.3) is 0 Å². The molecular weight excluding hydrogens is 792 g/mol. The van der Waals surface area contributed by atoms with Gasteiger partial charge in [0.15, 0.2) is 6.23 Å². The second-order valence-corrected chi connectivity index (χ2v) is 17.9. The Labute approximate surface area is 348 Å². The van der Waals surface area contributed by atoms with E-state index in [4.69, 9.17) is 28.0 Å². The number of anilines is 1. The Kier molecular flexibility index (Phi) is 12.8. The number of benzene rings is 4. The first kappa shape index (κ1) is 42.0. The van der Waals surface area contributed by atoms with Gasteiger partial charge < -0.3 is 28.8 Å². The van der Waals surface area contributed by atoms with Crippen molar-refractivity contribution in [1.82, 2.24) is 14.6 Å². The van der Waals surface area contributed by atoms with Crippen molar-refractivity contribution in [2.75, 3.05) is 31.9 Å². The zero-order valence-corrected chi connectivity index (χ0v) is 35.3. The number of carbonyl (C=O) groups excluding carboxylic acids is 1. The minimum atomic E-state index is -4.13. The molecule has 13 nitrogen and oxygen atoms in total. The van der Waals surface area contributed by atoms with Crippen LogP contribution in [0, 0.1) is 0 Å². The lowest BCUT2D eigenvalue weighted by Crippen LogP contribution is -2.44. The van der Waals surface area contributed by atoms with Gasteiger partial charge in [0.1, 0.15) is 34.6 Å². The van der Waals surface area contributed by atoms with Crippen LogP contribution in [-0.4, -0.2) is 65.1 Å². The summed E-state index contributed by atoms with van der Waals surface area (Å²) in [5.41, 5.74) is 1.21. The van der Waals surface area contributed by atoms with Crippen molar-refractivity contribution >= 4 is 31.3 Å². The molecule has 0 radical (unpaired) electrons. The predicted octanol–water partition coefficient (Wildman–Crippen LogP) is 7.96. The maximum Gasteiger partial charge on any atom is 0.459 e. The van der Waals surface area contributed by atoms with Crippen molar-refractivity contribution in [2.45, 2.75) is 68.4 Å². The number of ether oxygens (including phenoxy) is 4. The van der Waals surface area contributed by atoms with Crippen molar-refractivity contribution in [3.05, 3.63) is 149 Å². The number of nitrogens with one attached hydrogen (secondary N) is 2. The minimum absolute atomic E-state index is 0.132. The molecule has 3 heterocycles. The average molecular weight is 841 g/mol. The Morgan fingerprint density at radius 1 is 0.881 bits per heavy atom. The molecule has 0 aliphatic carbocycles. The average Bonchev–Trinajstić information content (AvgIpc) is 3.63. The third kappa shape index (κ3) is 9.22. The standard InChI is InChI=1S/C44H49N4O9PS/c1-30(2)55-40(49)31(3)47-58(51,57-37-14-10-7-11-15-37)54-29-38-28-43(25-27-59-43)41(56-38)48-26-24-39(45-42(48)50)46-44(32-12-8-6-9-13-32,33-16-20-35(52-4)21-17-33)34-18-22-36(53-5)23-19-34/h6-24,26,30-31,38,41H,25,27-29H2,1-5H3,(H,47,51)(H,45,46,50)/t31-,38-,41+,43+,58?/m0/s1. The van der Waals surface area contributed by atoms with Gasteiger partial charge in [-0.1, -0.05) is 72.8 Å². The number of hydrogen-bond acceptors (Lipinski definition) is 12. The van der Waals surface area contributed by atoms with Crippen molar-refractivity contribution in [3.8, 4) is 17.2 Å². The molecule has 1 unspecified atom stereocenters. The molecule has 4 aromatic carbocycles. The van der Waals surface area contributed by atoms with Crippen LogP contribution in [0.15, 0.2) is 126 Å². The van der Waals surface area contributed by atoms with Crippen LogP contribution in [0.1, 0.15) is 56.5 Å². The molecular formula is C44H49N4O9PS. The number of thioether (sulfide) groups is 1. The van der Waals surface area contributed by atoms with E-state index in [1.807, 2.05) is 78.9 Å². The quantitative estimate of drug-likeness (QED) is 0.0531. The second-order valence-electron chi connectivity index (χ2n) is 14.7. The summed E-state index contributed by atoms with van der Waals surface area (Å²) in [5, 5.41) is 6.40. The molecule has 2 N–H and O–H groups in total. The molecule has 5 aromatic rings. The summed E-state index contributed by atoms with van der Waals surface area (Å²) in [6.45, 7) is 4.87. The molecule has 15 heteroatoms. The van der Waals surface area contributed by atoms with Gasteiger partial charge in [0, 0.05) is 6.20 Å². The third-order valence-corrected chi connectivity index (χ3v) is 13.6. The Hall–Kier alpha value is -5.11. The van der Waals surface area contributed by atoms with Crippen LogP contribution in [0.25, 0.3) is 0 Å². The highest BCUT2D eigenvalue weighted by Crippen LogP contribution is 2.57. The molecule has 2 saturated heterocycles. The summed E-state index contributed by atoms with van der Waals surface area (Å²) in [7, 11) is -0.882. The predicted molar refractivity (Wildman–Crippen MR) is 227 cm³/mol. The number of para-hydroxylation sites is 1. The second kappa shape index (κ2) is 18.0. The lowest BCUT2D eigenvalue weighted by Gasteiger charge is -2.41. The highest BCUT2D eigenvalue weighted by atomic mass is 32.2. The third-order valence-electron chi connectivity index (χ3n) is 10.4. The molecule has 2 aliphatic rings. The van der Waals surface area contributed by atoms with Crippen LogP contribution in [0.4, 0.5) is 5.82 Å². The van der Waals surface area contributed by atoms with Gasteiger partial charge in [0.05, 0.1) is 37.8 Å². The van der Waals surface area contributed by atoms with E-state index in [1.54, 1.807) is 82.4 Å². The van der Waals surface area contributed by atoms with Crippen LogP contribution in [0.2, 0.25) is 0 Å². The Morgan fingerprint density at radius 2 is 1.46 bits per heavy atom. The molecule has 1 spiro atoms. The summed E-state index contributed by atoms with van der Waals surface area (Å²) < 4.78 is 50.0. The summed E-state index contributed by atoms with van der Waals surface area (Å²) in [4.78, 5) is 31.4. The molecule has 0 bridgehead atoms. The number of esters is 1. The number of methoxy groups -OCH3 is 2. The zero-order valence-electron chi connectivity index (χ0n) is 33.6. The largest absolute Gasteiger partial charge is 0.497 e. The van der Waals surface area contributed by atoms with Crippen LogP contribution in [0.5, 0.6) is 17.2 Å². The minimum Gasteiger partial charge on any atom is -0.497 e. The van der Waals surface area contributed by atoms with Gasteiger partial charge in [-0.3, -0.25) is 13.9 Å². The molecule has 0 amide bonds. The summed E-state index contributed by atoms with van der Waals surface area (Å²) in [6.07, 6.45) is 1.44. The maximum absolute atomic E-state index is 14.2. The first-order valence-corrected chi connectivity index (χ1v) is 22.0. The van der Waals surface area contributed by atoms with Crippen LogP contribution in [0.3, 0.4) is 0 Å². The van der Waals surface area contributed by atoms with Crippen LogP contribution in [-0.2, 0) is 28.9 Å². The van der Waals surface area contributed by atoms with Gasteiger partial charge in [0.2, 0.25) is 0 Å². The SMILES string of the molecule is COc1ccc(C(Nc2ccn([C@@H]3O[C@H](COP(=O)(N[C@@H](C)C(=O)OC(C)C)Oc4ccccc4)C[C@]34CCS4)c(=O)n2)(c2ccccc2)c2ccc(OC)cc2)cc1. The molecule has 310 valence electrons. The normalized spacial score (nSPS) is 20.3. The van der Waals surface area contributed by atoms with Gasteiger partial charge in [-0.25, -0.2) is 9.36 Å². The summed E-state index contributed by atoms with van der Waals surface area (Å²) >= 11 is 1.72. The van der Waals surface area contributed by atoms with Crippen molar-refractivity contribution < 1.29 is 37.4 Å². The van der Waals surface area contributed by atoms with Crippen molar-refractivity contribution in [1.29, 1.82) is 0 Å². The Balaban J connectivity index is 1.16. The van der Waals surface area contributed by atoms with E-state index in [0.717, 1.165) is 28.9 Å². The molecule has 2 aliphatic heterocycles. The van der Waals surface area contributed by atoms with E-state index in [2.05, 4.69) is 15.4 Å². The smallest absolute Gasteiger partial charge is 0.459 e. The van der Waals surface area contributed by atoms with E-state index < -0.39 is 48.1 Å². The summed E-state index contributed by atoms with van der Waals surface area (Å²) in [6, 6.07) is 34.9. The maximum atomic E-state index is 14.2. The Morgan fingerprint density at radius 3 is 1.98 bits per heavy atom. The number of hydrogen-bond donors (Lipinski definition) is 2. The first-order valence-electron chi connectivity index (χ1n) is 19.4. The molecule has 0 saturated carbocycles. The van der Waals surface area contributed by atoms with Gasteiger partial charge in [-0.05, 0) is 98.5 Å². The van der Waals surface area contributed by atoms with E-state index >= 15 is 0 Å². The number of aromatic nitrogens is 2. The molecule has 59 heavy (non-hydrogen) atoms. The molecule has 5 atom stereocenters. The highest BCUT2D eigenvalue weighted by molar-refractivity contribution is 8.02. The lowest BCUT2D eigenvalue weighted by molar-refractivity contribution is -0.149. The number of nitrogens with zero attached hydrogens (tertiary/aromatic N) is 2. The molecule has 1 aromatic heterocycles. The van der Waals surface area contributed by atoms with E-state index in [9.17, 15) is 14.2 Å². The van der Waals surface area contributed by atoms with Crippen LogP contribution >= 0.6 is 19.5 Å². The lowest BCUT2D eigenvalue weighted by atomic mass is 9.77. The number of rotatable bonds is 17.